The highest BCUT2D eigenvalue weighted by Crippen LogP contribution is 2.57. The number of anilines is 3. The summed E-state index contributed by atoms with van der Waals surface area (Å²) in [5.41, 5.74) is 2.42. The molecule has 2 aromatic heterocycles. The maximum Gasteiger partial charge on any atom is 0.341 e. The SMILES string of the molecule is COc1ccc(CN(C)c2cc(Nc3cc(F)cc4c3OCC43CC3)nc3c(C(=O)O)cnn23)cc1. The van der Waals surface area contributed by atoms with E-state index in [4.69, 9.17) is 9.47 Å². The van der Waals surface area contributed by atoms with Gasteiger partial charge in [-0.05, 0) is 36.6 Å². The van der Waals surface area contributed by atoms with Crippen molar-refractivity contribution in [1.29, 1.82) is 0 Å². The van der Waals surface area contributed by atoms with Crippen molar-refractivity contribution in [2.45, 2.75) is 24.8 Å². The number of aromatic nitrogens is 3. The Morgan fingerprint density at radius 3 is 2.75 bits per heavy atom. The van der Waals surface area contributed by atoms with E-state index in [0.29, 0.717) is 36.2 Å². The number of ether oxygens (including phenoxy) is 2. The molecule has 6 rings (SSSR count). The van der Waals surface area contributed by atoms with E-state index in [-0.39, 0.29) is 22.4 Å². The molecule has 2 N–H and O–H groups in total. The molecule has 0 bridgehead atoms. The van der Waals surface area contributed by atoms with Gasteiger partial charge in [0.1, 0.15) is 34.5 Å². The molecule has 1 saturated carbocycles. The van der Waals surface area contributed by atoms with Gasteiger partial charge in [-0.2, -0.15) is 9.61 Å². The second kappa shape index (κ2) is 8.11. The van der Waals surface area contributed by atoms with E-state index in [1.165, 1.54) is 16.8 Å². The Kier molecular flexibility index (Phi) is 4.99. The highest BCUT2D eigenvalue weighted by Gasteiger charge is 2.51. The lowest BCUT2D eigenvalue weighted by Gasteiger charge is -2.21. The van der Waals surface area contributed by atoms with Crippen LogP contribution < -0.4 is 19.7 Å². The maximum absolute atomic E-state index is 14.5. The van der Waals surface area contributed by atoms with Crippen LogP contribution in [0.4, 0.5) is 21.7 Å². The molecule has 0 radical (unpaired) electrons. The van der Waals surface area contributed by atoms with E-state index in [0.717, 1.165) is 29.7 Å². The number of methoxy groups -OCH3 is 1. The molecule has 1 aliphatic heterocycles. The molecular formula is C26H24FN5O4. The first kappa shape index (κ1) is 22.1. The van der Waals surface area contributed by atoms with Crippen LogP contribution in [0.2, 0.25) is 0 Å². The zero-order valence-electron chi connectivity index (χ0n) is 19.8. The summed E-state index contributed by atoms with van der Waals surface area (Å²) >= 11 is 0. The fourth-order valence-electron chi connectivity index (χ4n) is 4.75. The van der Waals surface area contributed by atoms with Crippen molar-refractivity contribution in [2.24, 2.45) is 0 Å². The fourth-order valence-corrected chi connectivity index (χ4v) is 4.75. The Morgan fingerprint density at radius 2 is 2.06 bits per heavy atom. The Morgan fingerprint density at radius 1 is 1.28 bits per heavy atom. The smallest absolute Gasteiger partial charge is 0.341 e. The summed E-state index contributed by atoms with van der Waals surface area (Å²) in [6.07, 6.45) is 3.23. The third kappa shape index (κ3) is 3.65. The summed E-state index contributed by atoms with van der Waals surface area (Å²) in [7, 11) is 3.50. The predicted octanol–water partition coefficient (Wildman–Crippen LogP) is 4.38. The summed E-state index contributed by atoms with van der Waals surface area (Å²) in [6, 6.07) is 12.4. The van der Waals surface area contributed by atoms with Gasteiger partial charge in [-0.1, -0.05) is 12.1 Å². The first-order valence-corrected chi connectivity index (χ1v) is 11.6. The zero-order chi connectivity index (χ0) is 25.0. The number of hydrogen-bond acceptors (Lipinski definition) is 7. The molecule has 0 saturated heterocycles. The molecule has 184 valence electrons. The van der Waals surface area contributed by atoms with E-state index < -0.39 is 5.97 Å². The van der Waals surface area contributed by atoms with Crippen molar-refractivity contribution in [3.05, 3.63) is 71.2 Å². The van der Waals surface area contributed by atoms with E-state index in [1.807, 2.05) is 36.2 Å². The Balaban J connectivity index is 1.40. The molecule has 2 aromatic carbocycles. The van der Waals surface area contributed by atoms with E-state index in [9.17, 15) is 14.3 Å². The molecule has 36 heavy (non-hydrogen) atoms. The van der Waals surface area contributed by atoms with Gasteiger partial charge in [0.2, 0.25) is 0 Å². The number of nitrogens with zero attached hydrogens (tertiary/aromatic N) is 4. The first-order valence-electron chi connectivity index (χ1n) is 11.6. The lowest BCUT2D eigenvalue weighted by Crippen LogP contribution is -2.20. The summed E-state index contributed by atoms with van der Waals surface area (Å²) < 4.78 is 27.2. The van der Waals surface area contributed by atoms with Crippen molar-refractivity contribution < 1.29 is 23.8 Å². The van der Waals surface area contributed by atoms with Crippen LogP contribution in [-0.4, -0.2) is 46.4 Å². The zero-order valence-corrected chi connectivity index (χ0v) is 19.8. The van der Waals surface area contributed by atoms with E-state index in [2.05, 4.69) is 15.4 Å². The molecule has 1 fully saturated rings. The van der Waals surface area contributed by atoms with Gasteiger partial charge in [0.25, 0.3) is 0 Å². The van der Waals surface area contributed by atoms with Crippen LogP contribution in [0.15, 0.2) is 48.7 Å². The number of hydrogen-bond donors (Lipinski definition) is 2. The van der Waals surface area contributed by atoms with Gasteiger partial charge < -0.3 is 24.8 Å². The Labute approximate surface area is 206 Å². The second-order valence-corrected chi connectivity index (χ2v) is 9.33. The van der Waals surface area contributed by atoms with Crippen LogP contribution in [0.25, 0.3) is 5.65 Å². The summed E-state index contributed by atoms with van der Waals surface area (Å²) in [5.74, 6) is 0.852. The van der Waals surface area contributed by atoms with Crippen LogP contribution in [0.1, 0.15) is 34.3 Å². The summed E-state index contributed by atoms with van der Waals surface area (Å²) in [6.45, 7) is 1.06. The highest BCUT2D eigenvalue weighted by atomic mass is 19.1. The van der Waals surface area contributed by atoms with Crippen LogP contribution in [0.3, 0.4) is 0 Å². The van der Waals surface area contributed by atoms with Crippen LogP contribution in [-0.2, 0) is 12.0 Å². The topological polar surface area (TPSA) is 101 Å². The first-order chi connectivity index (χ1) is 17.4. The number of aromatic carboxylic acids is 1. The quantitative estimate of drug-likeness (QED) is 0.395. The maximum atomic E-state index is 14.5. The average molecular weight is 490 g/mol. The van der Waals surface area contributed by atoms with E-state index >= 15 is 0 Å². The van der Waals surface area contributed by atoms with Gasteiger partial charge in [-0.3, -0.25) is 0 Å². The van der Waals surface area contributed by atoms with Gasteiger partial charge in [0.05, 0.1) is 25.6 Å². The molecule has 0 unspecified atom stereocenters. The molecule has 0 amide bonds. The molecule has 1 spiro atoms. The summed E-state index contributed by atoms with van der Waals surface area (Å²) in [5, 5.41) is 17.1. The number of carboxylic acid groups (broad SMARTS) is 1. The third-order valence-electron chi connectivity index (χ3n) is 6.89. The molecule has 9 nitrogen and oxygen atoms in total. The molecule has 10 heteroatoms. The van der Waals surface area contributed by atoms with Gasteiger partial charge >= 0.3 is 5.97 Å². The highest BCUT2D eigenvalue weighted by molar-refractivity contribution is 5.94. The Hall–Kier alpha value is -4.34. The molecule has 2 aliphatic rings. The summed E-state index contributed by atoms with van der Waals surface area (Å²) in [4.78, 5) is 18.3. The van der Waals surface area contributed by atoms with Crippen LogP contribution in [0, 0.1) is 5.82 Å². The molecule has 1 aliphatic carbocycles. The fraction of sp³-hybridized carbons (Fsp3) is 0.269. The molecular weight excluding hydrogens is 465 g/mol. The number of halogens is 1. The van der Waals surface area contributed by atoms with Crippen LogP contribution >= 0.6 is 0 Å². The largest absolute Gasteiger partial charge is 0.497 e. The second-order valence-electron chi connectivity index (χ2n) is 9.33. The van der Waals surface area contributed by atoms with Crippen molar-refractivity contribution in [2.75, 3.05) is 31.0 Å². The number of nitrogens with one attached hydrogen (secondary N) is 1. The van der Waals surface area contributed by atoms with Crippen molar-refractivity contribution in [3.63, 3.8) is 0 Å². The lowest BCUT2D eigenvalue weighted by molar-refractivity contribution is 0.0698. The predicted molar refractivity (Wildman–Crippen MR) is 131 cm³/mol. The van der Waals surface area contributed by atoms with Gasteiger partial charge in [0.15, 0.2) is 5.65 Å². The lowest BCUT2D eigenvalue weighted by atomic mass is 9.98. The van der Waals surface area contributed by atoms with Gasteiger partial charge in [0, 0.05) is 36.7 Å². The number of carboxylic acids is 1. The standard InChI is InChI=1S/C26H24FN5O4/c1-31(13-15-3-5-17(35-2)6-4-15)22-11-21(30-24-18(25(33)34)12-28-32(22)24)29-20-10-16(27)9-19-23(20)36-14-26(19)7-8-26/h3-6,9-12H,7-8,13-14H2,1-2H3,(H,29,30)(H,33,34). The number of fused-ring (bicyclic) bond motifs is 3. The van der Waals surface area contributed by atoms with Gasteiger partial charge in [-0.15, -0.1) is 0 Å². The Bertz CT molecular complexity index is 1500. The van der Waals surface area contributed by atoms with Crippen molar-refractivity contribution in [1.82, 2.24) is 14.6 Å². The van der Waals surface area contributed by atoms with Crippen LogP contribution in [0.5, 0.6) is 11.5 Å². The minimum absolute atomic E-state index is 0.0320. The van der Waals surface area contributed by atoms with Crippen molar-refractivity contribution in [3.8, 4) is 11.5 Å². The molecule has 4 aromatic rings. The number of carbonyl (C=O) groups is 1. The van der Waals surface area contributed by atoms with Gasteiger partial charge in [-0.25, -0.2) is 14.2 Å². The number of benzene rings is 2. The minimum Gasteiger partial charge on any atom is -0.497 e. The normalized spacial score (nSPS) is 15.0. The molecule has 3 heterocycles. The third-order valence-corrected chi connectivity index (χ3v) is 6.89. The monoisotopic (exact) mass is 489 g/mol. The van der Waals surface area contributed by atoms with Crippen molar-refractivity contribution >= 4 is 28.9 Å². The average Bonchev–Trinajstić information content (AvgIpc) is 3.38. The minimum atomic E-state index is -1.14. The molecule has 0 atom stereocenters. The number of rotatable bonds is 7. The van der Waals surface area contributed by atoms with E-state index in [1.54, 1.807) is 19.2 Å².